The maximum Gasteiger partial charge on any atom is 0.337 e. The van der Waals surface area contributed by atoms with Crippen molar-refractivity contribution in [1.29, 1.82) is 0 Å². The van der Waals surface area contributed by atoms with E-state index in [9.17, 15) is 4.79 Å². The molecule has 0 N–H and O–H groups in total. The van der Waals surface area contributed by atoms with Gasteiger partial charge in [0.15, 0.2) is 0 Å². The normalized spacial score (nSPS) is 10.0. The summed E-state index contributed by atoms with van der Waals surface area (Å²) in [6.45, 7) is 0. The minimum absolute atomic E-state index is 0.407. The van der Waals surface area contributed by atoms with Crippen molar-refractivity contribution in [3.63, 3.8) is 0 Å². The summed E-state index contributed by atoms with van der Waals surface area (Å²) in [5.74, 6) is 7.73. The summed E-state index contributed by atoms with van der Waals surface area (Å²) in [5, 5.41) is 1.73. The zero-order valence-corrected chi connectivity index (χ0v) is 16.2. The van der Waals surface area contributed by atoms with Gasteiger partial charge in [-0.2, -0.15) is 0 Å². The minimum atomic E-state index is -0.407. The molecule has 0 radical (unpaired) electrons. The Bertz CT molecular complexity index is 1070. The first-order chi connectivity index (χ1) is 13.6. The van der Waals surface area contributed by atoms with Gasteiger partial charge in [0.25, 0.3) is 0 Å². The number of fused-ring (bicyclic) bond motifs is 1. The molecule has 0 saturated carbocycles. The fourth-order valence-electron chi connectivity index (χ4n) is 2.94. The van der Waals surface area contributed by atoms with Gasteiger partial charge in [0, 0.05) is 5.39 Å². The van der Waals surface area contributed by atoms with E-state index in [1.807, 2.05) is 36.4 Å². The number of carbonyl (C=O) groups excluding carboxylic acids is 1. The third-order valence-electron chi connectivity index (χ3n) is 4.36. The molecule has 0 aromatic heterocycles. The molecule has 0 amide bonds. The second-order valence-electron chi connectivity index (χ2n) is 5.86. The molecule has 142 valence electrons. The van der Waals surface area contributed by atoms with E-state index >= 15 is 0 Å². The summed E-state index contributed by atoms with van der Waals surface area (Å²) >= 11 is 0. The van der Waals surface area contributed by atoms with Crippen molar-refractivity contribution >= 4 is 16.7 Å². The molecule has 28 heavy (non-hydrogen) atoms. The highest BCUT2D eigenvalue weighted by Gasteiger charge is 2.12. The Morgan fingerprint density at radius 2 is 1.32 bits per heavy atom. The summed E-state index contributed by atoms with van der Waals surface area (Å²) in [4.78, 5) is 11.9. The van der Waals surface area contributed by atoms with Crippen LogP contribution in [0.25, 0.3) is 10.8 Å². The van der Waals surface area contributed by atoms with Crippen molar-refractivity contribution in [1.82, 2.24) is 0 Å². The SMILES string of the molecule is COC(=O)c1ccc2ccc(OC)c(C#Cc3c(OC)cccc3OC)c2c1. The van der Waals surface area contributed by atoms with Crippen LogP contribution in [0.15, 0.2) is 48.5 Å². The minimum Gasteiger partial charge on any atom is -0.495 e. The van der Waals surface area contributed by atoms with Crippen LogP contribution in [0.2, 0.25) is 0 Å². The van der Waals surface area contributed by atoms with Crippen LogP contribution in [0.4, 0.5) is 0 Å². The topological polar surface area (TPSA) is 54.0 Å². The predicted molar refractivity (Wildman–Crippen MR) is 107 cm³/mol. The Balaban J connectivity index is 2.24. The highest BCUT2D eigenvalue weighted by molar-refractivity contribution is 5.98. The molecule has 5 heteroatoms. The van der Waals surface area contributed by atoms with Crippen LogP contribution in [0.1, 0.15) is 21.5 Å². The number of carbonyl (C=O) groups is 1. The molecule has 0 heterocycles. The second-order valence-corrected chi connectivity index (χ2v) is 5.86. The van der Waals surface area contributed by atoms with Gasteiger partial charge in [0.2, 0.25) is 0 Å². The number of esters is 1. The highest BCUT2D eigenvalue weighted by atomic mass is 16.5. The highest BCUT2D eigenvalue weighted by Crippen LogP contribution is 2.30. The maximum atomic E-state index is 11.9. The monoisotopic (exact) mass is 376 g/mol. The lowest BCUT2D eigenvalue weighted by molar-refractivity contribution is 0.0601. The van der Waals surface area contributed by atoms with Crippen LogP contribution in [-0.4, -0.2) is 34.4 Å². The van der Waals surface area contributed by atoms with Gasteiger partial charge in [-0.05, 0) is 35.7 Å². The van der Waals surface area contributed by atoms with E-state index in [4.69, 9.17) is 18.9 Å². The van der Waals surface area contributed by atoms with Crippen LogP contribution in [0, 0.1) is 11.8 Å². The Kier molecular flexibility index (Phi) is 5.71. The van der Waals surface area contributed by atoms with Crippen LogP contribution < -0.4 is 14.2 Å². The first-order valence-electron chi connectivity index (χ1n) is 8.55. The summed E-state index contributed by atoms with van der Waals surface area (Å²) in [6.07, 6.45) is 0. The molecule has 0 saturated heterocycles. The first-order valence-corrected chi connectivity index (χ1v) is 8.55. The molecule has 3 aromatic carbocycles. The molecule has 3 aromatic rings. The summed E-state index contributed by atoms with van der Waals surface area (Å²) in [5.41, 5.74) is 1.75. The number of ether oxygens (including phenoxy) is 4. The van der Waals surface area contributed by atoms with E-state index in [0.29, 0.717) is 33.9 Å². The molecule has 0 spiro atoms. The van der Waals surface area contributed by atoms with E-state index in [1.54, 1.807) is 33.5 Å². The van der Waals surface area contributed by atoms with E-state index in [1.165, 1.54) is 7.11 Å². The van der Waals surface area contributed by atoms with Gasteiger partial charge in [-0.15, -0.1) is 0 Å². The Morgan fingerprint density at radius 3 is 1.93 bits per heavy atom. The molecule has 5 nitrogen and oxygen atoms in total. The number of hydrogen-bond acceptors (Lipinski definition) is 5. The zero-order chi connectivity index (χ0) is 20.1. The standard InChI is InChI=1S/C23H20O5/c1-25-20-6-5-7-21(26-2)18(20)12-11-17-19-14-16(23(24)28-4)9-8-15(19)10-13-22(17)27-3/h5-10,13-14H,1-4H3. The Morgan fingerprint density at radius 1 is 0.750 bits per heavy atom. The molecule has 0 unspecified atom stereocenters. The van der Waals surface area contributed by atoms with Crippen molar-refractivity contribution in [3.8, 4) is 29.1 Å². The molecule has 0 aliphatic rings. The maximum absolute atomic E-state index is 11.9. The molecular weight excluding hydrogens is 356 g/mol. The lowest BCUT2D eigenvalue weighted by Gasteiger charge is -2.10. The molecule has 0 atom stereocenters. The molecule has 0 aliphatic heterocycles. The largest absolute Gasteiger partial charge is 0.495 e. The number of hydrogen-bond donors (Lipinski definition) is 0. The average molecular weight is 376 g/mol. The van der Waals surface area contributed by atoms with E-state index in [2.05, 4.69) is 11.8 Å². The third kappa shape index (κ3) is 3.58. The number of methoxy groups -OCH3 is 4. The van der Waals surface area contributed by atoms with Gasteiger partial charge < -0.3 is 18.9 Å². The van der Waals surface area contributed by atoms with Crippen molar-refractivity contribution < 1.29 is 23.7 Å². The number of benzene rings is 3. The second kappa shape index (κ2) is 8.36. The molecule has 0 bridgehead atoms. The first kappa shape index (κ1) is 19.1. The van der Waals surface area contributed by atoms with Gasteiger partial charge in [-0.3, -0.25) is 0 Å². The van der Waals surface area contributed by atoms with Gasteiger partial charge in [-0.25, -0.2) is 4.79 Å². The van der Waals surface area contributed by atoms with Crippen LogP contribution in [0.5, 0.6) is 17.2 Å². The van der Waals surface area contributed by atoms with Crippen molar-refractivity contribution in [2.24, 2.45) is 0 Å². The molecule has 0 fully saturated rings. The summed E-state index contributed by atoms with van der Waals surface area (Å²) in [7, 11) is 6.11. The quantitative estimate of drug-likeness (QED) is 0.508. The van der Waals surface area contributed by atoms with Crippen molar-refractivity contribution in [2.45, 2.75) is 0 Å². The fraction of sp³-hybridized carbons (Fsp3) is 0.174. The lowest BCUT2D eigenvalue weighted by Crippen LogP contribution is -2.01. The van der Waals surface area contributed by atoms with Gasteiger partial charge in [-0.1, -0.05) is 30.0 Å². The fourth-order valence-corrected chi connectivity index (χ4v) is 2.94. The smallest absolute Gasteiger partial charge is 0.337 e. The van der Waals surface area contributed by atoms with E-state index in [-0.39, 0.29) is 0 Å². The Labute approximate surface area is 163 Å². The van der Waals surface area contributed by atoms with Crippen LogP contribution >= 0.6 is 0 Å². The zero-order valence-electron chi connectivity index (χ0n) is 16.2. The third-order valence-corrected chi connectivity index (χ3v) is 4.36. The average Bonchev–Trinajstić information content (AvgIpc) is 2.75. The Hall–Kier alpha value is -3.65. The van der Waals surface area contributed by atoms with Gasteiger partial charge in [0.05, 0.1) is 39.6 Å². The van der Waals surface area contributed by atoms with Crippen molar-refractivity contribution in [3.05, 3.63) is 65.2 Å². The number of rotatable bonds is 4. The molecular formula is C23H20O5. The van der Waals surface area contributed by atoms with Crippen LogP contribution in [-0.2, 0) is 4.74 Å². The van der Waals surface area contributed by atoms with Crippen molar-refractivity contribution in [2.75, 3.05) is 28.4 Å². The van der Waals surface area contributed by atoms with Gasteiger partial charge >= 0.3 is 5.97 Å². The molecule has 0 aliphatic carbocycles. The van der Waals surface area contributed by atoms with E-state index < -0.39 is 5.97 Å². The van der Waals surface area contributed by atoms with E-state index in [0.717, 1.165) is 10.8 Å². The lowest BCUT2D eigenvalue weighted by atomic mass is 10.0. The molecule has 3 rings (SSSR count). The summed E-state index contributed by atoms with van der Waals surface area (Å²) < 4.78 is 21.2. The predicted octanol–water partition coefficient (Wildman–Crippen LogP) is 4.05. The van der Waals surface area contributed by atoms with Crippen LogP contribution in [0.3, 0.4) is 0 Å². The summed E-state index contributed by atoms with van der Waals surface area (Å²) in [6, 6.07) is 14.6. The van der Waals surface area contributed by atoms with Gasteiger partial charge in [0.1, 0.15) is 22.8 Å².